The molecular weight excluding hydrogens is 605 g/mol. The number of rotatable bonds is 8. The number of carbonyl (C=O) groups excluding carboxylic acids is 1. The van der Waals surface area contributed by atoms with Crippen LogP contribution in [-0.2, 0) is 20.0 Å². The molecule has 0 radical (unpaired) electrons. The lowest BCUT2D eigenvalue weighted by Crippen LogP contribution is -2.17. The second kappa shape index (κ2) is 11.4. The molecule has 0 aromatic heterocycles. The van der Waals surface area contributed by atoms with Crippen molar-refractivity contribution in [3.8, 4) is 0 Å². The Balaban J connectivity index is 1.51. The summed E-state index contributed by atoms with van der Waals surface area (Å²) in [6.45, 7) is 1.75. The fourth-order valence-electron chi connectivity index (χ4n) is 3.44. The third kappa shape index (κ3) is 6.66. The fraction of sp³-hybridized carbons (Fsp3) is 0.0385. The van der Waals surface area contributed by atoms with Gasteiger partial charge in [0.25, 0.3) is 26.0 Å². The highest BCUT2D eigenvalue weighted by Gasteiger charge is 2.22. The number of hydrogen-bond acceptors (Lipinski definition) is 5. The van der Waals surface area contributed by atoms with E-state index < -0.39 is 26.0 Å². The average Bonchev–Trinajstić information content (AvgIpc) is 2.88. The van der Waals surface area contributed by atoms with Gasteiger partial charge in [-0.15, -0.1) is 0 Å². The molecule has 39 heavy (non-hydrogen) atoms. The molecule has 0 aliphatic rings. The smallest absolute Gasteiger partial charge is 0.263 e. The van der Waals surface area contributed by atoms with Crippen LogP contribution in [0.2, 0.25) is 15.1 Å². The first-order valence-corrected chi connectivity index (χ1v) is 15.2. The van der Waals surface area contributed by atoms with Crippen LogP contribution < -0.4 is 14.8 Å². The Hall–Kier alpha value is -3.28. The third-order valence-corrected chi connectivity index (χ3v) is 9.54. The van der Waals surface area contributed by atoms with E-state index in [-0.39, 0.29) is 41.8 Å². The molecule has 4 aromatic rings. The molecule has 0 aliphatic carbocycles. The Morgan fingerprint density at radius 3 is 2.03 bits per heavy atom. The predicted octanol–water partition coefficient (Wildman–Crippen LogP) is 6.81. The van der Waals surface area contributed by atoms with Gasteiger partial charge >= 0.3 is 0 Å². The summed E-state index contributed by atoms with van der Waals surface area (Å²) in [7, 11) is -8.10. The molecule has 4 rings (SSSR count). The molecule has 0 bridgehead atoms. The number of para-hydroxylation sites is 1. The summed E-state index contributed by atoms with van der Waals surface area (Å²) in [5.41, 5.74) is 1.51. The summed E-state index contributed by atoms with van der Waals surface area (Å²) in [6.07, 6.45) is 0. The van der Waals surface area contributed by atoms with E-state index in [2.05, 4.69) is 14.8 Å². The highest BCUT2D eigenvalue weighted by Crippen LogP contribution is 2.31. The van der Waals surface area contributed by atoms with E-state index >= 15 is 0 Å². The molecule has 202 valence electrons. The van der Waals surface area contributed by atoms with Gasteiger partial charge in [0.2, 0.25) is 0 Å². The Labute approximate surface area is 241 Å². The summed E-state index contributed by atoms with van der Waals surface area (Å²) in [5.74, 6) is -0.626. The van der Waals surface area contributed by atoms with Gasteiger partial charge < -0.3 is 5.32 Å². The standard InChI is InChI=1S/C26H20Cl3N3O5S2/c1-16-5-2-3-7-22(16)31-39(36,37)24-15-17(9-14-20(24)27)26(33)30-18-10-12-19(13-11-18)38(34,35)32-23-8-4-6-21(28)25(23)29/h2-15,31-32H,1H3,(H,30,33). The van der Waals surface area contributed by atoms with Gasteiger partial charge in [-0.05, 0) is 73.2 Å². The van der Waals surface area contributed by atoms with E-state index in [1.807, 2.05) is 0 Å². The molecule has 0 fully saturated rings. The lowest BCUT2D eigenvalue weighted by Gasteiger charge is -2.13. The normalized spacial score (nSPS) is 11.6. The molecule has 0 saturated heterocycles. The number of nitrogens with one attached hydrogen (secondary N) is 3. The van der Waals surface area contributed by atoms with Crippen molar-refractivity contribution in [1.29, 1.82) is 0 Å². The molecule has 4 aromatic carbocycles. The minimum Gasteiger partial charge on any atom is -0.322 e. The first-order valence-electron chi connectivity index (χ1n) is 11.1. The number of sulfonamides is 2. The van der Waals surface area contributed by atoms with Crippen molar-refractivity contribution in [2.75, 3.05) is 14.8 Å². The number of hydrogen-bond donors (Lipinski definition) is 3. The second-order valence-corrected chi connectivity index (χ2v) is 12.8. The van der Waals surface area contributed by atoms with Crippen LogP contribution >= 0.6 is 34.8 Å². The lowest BCUT2D eigenvalue weighted by molar-refractivity contribution is 0.102. The first-order chi connectivity index (χ1) is 18.4. The summed E-state index contributed by atoms with van der Waals surface area (Å²) in [4.78, 5) is 12.5. The Kier molecular flexibility index (Phi) is 8.43. The van der Waals surface area contributed by atoms with E-state index in [0.29, 0.717) is 11.3 Å². The number of carbonyl (C=O) groups is 1. The van der Waals surface area contributed by atoms with Gasteiger partial charge in [0.1, 0.15) is 4.90 Å². The van der Waals surface area contributed by atoms with Crippen LogP contribution in [0.1, 0.15) is 15.9 Å². The van der Waals surface area contributed by atoms with E-state index in [1.54, 1.807) is 37.3 Å². The minimum absolute atomic E-state index is 0.0264. The van der Waals surface area contributed by atoms with Crippen LogP contribution in [0.15, 0.2) is 94.7 Å². The topological polar surface area (TPSA) is 121 Å². The second-order valence-electron chi connectivity index (χ2n) is 8.25. The van der Waals surface area contributed by atoms with Crippen molar-refractivity contribution in [3.05, 3.63) is 111 Å². The summed E-state index contributed by atoms with van der Waals surface area (Å²) in [5, 5.41) is 2.80. The summed E-state index contributed by atoms with van der Waals surface area (Å²) < 4.78 is 56.4. The molecule has 0 aliphatic heterocycles. The highest BCUT2D eigenvalue weighted by molar-refractivity contribution is 7.93. The van der Waals surface area contributed by atoms with Crippen molar-refractivity contribution in [2.24, 2.45) is 0 Å². The van der Waals surface area contributed by atoms with Crippen LogP contribution in [0.25, 0.3) is 0 Å². The van der Waals surface area contributed by atoms with E-state index in [0.717, 1.165) is 6.07 Å². The molecular formula is C26H20Cl3N3O5S2. The maximum Gasteiger partial charge on any atom is 0.263 e. The number of aryl methyl sites for hydroxylation is 1. The van der Waals surface area contributed by atoms with Gasteiger partial charge in [0.15, 0.2) is 0 Å². The van der Waals surface area contributed by atoms with Crippen LogP contribution in [0.5, 0.6) is 0 Å². The fourth-order valence-corrected chi connectivity index (χ4v) is 6.58. The molecule has 3 N–H and O–H groups in total. The first kappa shape index (κ1) is 28.7. The Morgan fingerprint density at radius 2 is 1.33 bits per heavy atom. The molecule has 13 heteroatoms. The maximum atomic E-state index is 13.0. The monoisotopic (exact) mass is 623 g/mol. The number of anilines is 3. The van der Waals surface area contributed by atoms with Gasteiger partial charge in [0.05, 0.1) is 31.3 Å². The van der Waals surface area contributed by atoms with Crippen LogP contribution in [0.3, 0.4) is 0 Å². The van der Waals surface area contributed by atoms with Crippen molar-refractivity contribution in [3.63, 3.8) is 0 Å². The zero-order valence-corrected chi connectivity index (χ0v) is 24.0. The molecule has 0 spiro atoms. The predicted molar refractivity (Wildman–Crippen MR) is 155 cm³/mol. The van der Waals surface area contributed by atoms with Crippen LogP contribution in [0, 0.1) is 6.92 Å². The van der Waals surface area contributed by atoms with E-state index in [1.165, 1.54) is 48.5 Å². The van der Waals surface area contributed by atoms with Crippen molar-refractivity contribution in [2.45, 2.75) is 16.7 Å². The van der Waals surface area contributed by atoms with Gasteiger partial charge in [0, 0.05) is 11.3 Å². The summed E-state index contributed by atoms with van der Waals surface area (Å²) in [6, 6.07) is 20.6. The minimum atomic E-state index is -4.10. The average molecular weight is 625 g/mol. The summed E-state index contributed by atoms with van der Waals surface area (Å²) >= 11 is 18.2. The largest absolute Gasteiger partial charge is 0.322 e. The Bertz CT molecular complexity index is 1780. The SMILES string of the molecule is Cc1ccccc1NS(=O)(=O)c1cc(C(=O)Nc2ccc(S(=O)(=O)Nc3cccc(Cl)c3Cl)cc2)ccc1Cl. The third-order valence-electron chi connectivity index (χ3n) is 5.49. The zero-order chi connectivity index (χ0) is 28.4. The lowest BCUT2D eigenvalue weighted by atomic mass is 10.2. The number of amides is 1. The molecule has 8 nitrogen and oxygen atoms in total. The molecule has 1 amide bonds. The quantitative estimate of drug-likeness (QED) is 0.199. The van der Waals surface area contributed by atoms with Crippen LogP contribution in [-0.4, -0.2) is 22.7 Å². The number of halogens is 3. The van der Waals surface area contributed by atoms with Gasteiger partial charge in [-0.1, -0.05) is 59.1 Å². The molecule has 0 atom stereocenters. The maximum absolute atomic E-state index is 13.0. The van der Waals surface area contributed by atoms with Crippen molar-refractivity contribution < 1.29 is 21.6 Å². The van der Waals surface area contributed by atoms with Crippen molar-refractivity contribution in [1.82, 2.24) is 0 Å². The van der Waals surface area contributed by atoms with Gasteiger partial charge in [-0.25, -0.2) is 16.8 Å². The van der Waals surface area contributed by atoms with Gasteiger partial charge in [-0.3, -0.25) is 14.2 Å². The molecule has 0 unspecified atom stereocenters. The molecule has 0 heterocycles. The van der Waals surface area contributed by atoms with Gasteiger partial charge in [-0.2, -0.15) is 0 Å². The zero-order valence-electron chi connectivity index (χ0n) is 20.1. The van der Waals surface area contributed by atoms with Crippen molar-refractivity contribution >= 4 is 77.8 Å². The van der Waals surface area contributed by atoms with E-state index in [4.69, 9.17) is 34.8 Å². The highest BCUT2D eigenvalue weighted by atomic mass is 35.5. The Morgan fingerprint density at radius 1 is 0.692 bits per heavy atom. The van der Waals surface area contributed by atoms with E-state index in [9.17, 15) is 21.6 Å². The van der Waals surface area contributed by atoms with Crippen LogP contribution in [0.4, 0.5) is 17.1 Å². The number of benzene rings is 4. The molecule has 0 saturated carbocycles.